The van der Waals surface area contributed by atoms with Crippen molar-refractivity contribution in [2.75, 3.05) is 0 Å². The lowest BCUT2D eigenvalue weighted by Gasteiger charge is -2.29. The number of carboxylic acid groups (broad SMARTS) is 1. The first-order chi connectivity index (χ1) is 7.89. The van der Waals surface area contributed by atoms with Gasteiger partial charge in [-0.25, -0.2) is 0 Å². The van der Waals surface area contributed by atoms with E-state index in [1.165, 1.54) is 0 Å². The Morgan fingerprint density at radius 2 is 2.29 bits per heavy atom. The summed E-state index contributed by atoms with van der Waals surface area (Å²) in [5.74, 6) is -0.790. The SMILES string of the molecule is CCCC(C)(NC(C)c1ccc(Br)s1)C(=O)O. The fourth-order valence-corrected chi connectivity index (χ4v) is 3.28. The first-order valence-corrected chi connectivity index (χ1v) is 7.26. The van der Waals surface area contributed by atoms with Gasteiger partial charge in [0.15, 0.2) is 0 Å². The largest absolute Gasteiger partial charge is 0.480 e. The molecule has 17 heavy (non-hydrogen) atoms. The molecule has 0 radical (unpaired) electrons. The highest BCUT2D eigenvalue weighted by atomic mass is 79.9. The van der Waals surface area contributed by atoms with Crippen molar-refractivity contribution in [3.8, 4) is 0 Å². The van der Waals surface area contributed by atoms with Crippen molar-refractivity contribution in [1.82, 2.24) is 5.32 Å². The van der Waals surface area contributed by atoms with Gasteiger partial charge < -0.3 is 5.11 Å². The van der Waals surface area contributed by atoms with Gasteiger partial charge in [-0.2, -0.15) is 0 Å². The Bertz CT molecular complexity index is 394. The molecule has 2 unspecified atom stereocenters. The highest BCUT2D eigenvalue weighted by Crippen LogP contribution is 2.29. The molecule has 1 rings (SSSR count). The summed E-state index contributed by atoms with van der Waals surface area (Å²) < 4.78 is 1.06. The van der Waals surface area contributed by atoms with Crippen LogP contribution in [0.3, 0.4) is 0 Å². The van der Waals surface area contributed by atoms with Crippen LogP contribution in [0.25, 0.3) is 0 Å². The lowest BCUT2D eigenvalue weighted by Crippen LogP contribution is -2.50. The van der Waals surface area contributed by atoms with E-state index in [0.717, 1.165) is 15.1 Å². The Balaban J connectivity index is 2.77. The maximum absolute atomic E-state index is 11.3. The second-order valence-corrected chi connectivity index (χ2v) is 6.89. The van der Waals surface area contributed by atoms with Gasteiger partial charge in [0.05, 0.1) is 3.79 Å². The number of thiophene rings is 1. The van der Waals surface area contributed by atoms with Gasteiger partial charge in [-0.15, -0.1) is 11.3 Å². The lowest BCUT2D eigenvalue weighted by molar-refractivity contribution is -0.144. The Morgan fingerprint density at radius 1 is 1.65 bits per heavy atom. The van der Waals surface area contributed by atoms with E-state index >= 15 is 0 Å². The topological polar surface area (TPSA) is 49.3 Å². The highest BCUT2D eigenvalue weighted by Gasteiger charge is 2.33. The number of carboxylic acids is 1. The van der Waals surface area contributed by atoms with Gasteiger partial charge in [-0.1, -0.05) is 13.3 Å². The third-order valence-corrected chi connectivity index (χ3v) is 4.58. The Hall–Kier alpha value is -0.390. The molecule has 0 aromatic carbocycles. The molecule has 0 fully saturated rings. The Labute approximate surface area is 114 Å². The molecular weight excluding hydrogens is 302 g/mol. The molecule has 1 aromatic heterocycles. The average Bonchev–Trinajstić information content (AvgIpc) is 2.65. The van der Waals surface area contributed by atoms with Crippen LogP contribution in [0.1, 0.15) is 44.5 Å². The number of hydrogen-bond donors (Lipinski definition) is 2. The summed E-state index contributed by atoms with van der Waals surface area (Å²) in [5.41, 5.74) is -0.857. The van der Waals surface area contributed by atoms with Crippen molar-refractivity contribution in [3.63, 3.8) is 0 Å². The molecule has 0 aliphatic heterocycles. The Morgan fingerprint density at radius 3 is 2.71 bits per heavy atom. The molecule has 0 amide bonds. The van der Waals surface area contributed by atoms with Crippen molar-refractivity contribution in [2.45, 2.75) is 45.2 Å². The second-order valence-electron chi connectivity index (χ2n) is 4.40. The van der Waals surface area contributed by atoms with Gasteiger partial charge in [0, 0.05) is 10.9 Å². The minimum Gasteiger partial charge on any atom is -0.480 e. The van der Waals surface area contributed by atoms with Crippen LogP contribution in [0.15, 0.2) is 15.9 Å². The van der Waals surface area contributed by atoms with Gasteiger partial charge in [0.1, 0.15) is 5.54 Å². The van der Waals surface area contributed by atoms with E-state index in [2.05, 4.69) is 21.2 Å². The van der Waals surface area contributed by atoms with E-state index in [-0.39, 0.29) is 6.04 Å². The predicted molar refractivity (Wildman–Crippen MR) is 74.5 cm³/mol. The molecular formula is C12H18BrNO2S. The average molecular weight is 320 g/mol. The van der Waals surface area contributed by atoms with Crippen LogP contribution in [-0.4, -0.2) is 16.6 Å². The minimum atomic E-state index is -0.857. The van der Waals surface area contributed by atoms with Gasteiger partial charge in [-0.05, 0) is 48.3 Å². The quantitative estimate of drug-likeness (QED) is 0.838. The summed E-state index contributed by atoms with van der Waals surface area (Å²) in [6, 6.07) is 4.04. The van der Waals surface area contributed by atoms with E-state index in [9.17, 15) is 9.90 Å². The number of nitrogens with one attached hydrogen (secondary N) is 1. The first kappa shape index (κ1) is 14.7. The van der Waals surface area contributed by atoms with Crippen LogP contribution in [0.4, 0.5) is 0 Å². The molecule has 3 nitrogen and oxygen atoms in total. The third-order valence-electron chi connectivity index (χ3n) is 2.78. The zero-order chi connectivity index (χ0) is 13.1. The van der Waals surface area contributed by atoms with E-state index in [0.29, 0.717) is 6.42 Å². The predicted octanol–water partition coefficient (Wildman–Crippen LogP) is 3.80. The first-order valence-electron chi connectivity index (χ1n) is 5.65. The molecule has 1 aromatic rings. The molecule has 0 bridgehead atoms. The fraction of sp³-hybridized carbons (Fsp3) is 0.583. The molecule has 0 saturated carbocycles. The standard InChI is InChI=1S/C12H18BrNO2S/c1-4-7-12(3,11(15)16)14-8(2)9-5-6-10(13)17-9/h5-6,8,14H,4,7H2,1-3H3,(H,15,16). The van der Waals surface area contributed by atoms with Crippen LogP contribution in [0.5, 0.6) is 0 Å². The molecule has 2 atom stereocenters. The molecule has 5 heteroatoms. The lowest BCUT2D eigenvalue weighted by atomic mass is 9.95. The minimum absolute atomic E-state index is 0.0407. The summed E-state index contributed by atoms with van der Waals surface area (Å²) in [5, 5.41) is 12.5. The van der Waals surface area contributed by atoms with Gasteiger partial charge >= 0.3 is 5.97 Å². The molecule has 96 valence electrons. The monoisotopic (exact) mass is 319 g/mol. The van der Waals surface area contributed by atoms with Crippen molar-refractivity contribution < 1.29 is 9.90 Å². The van der Waals surface area contributed by atoms with Gasteiger partial charge in [0.2, 0.25) is 0 Å². The zero-order valence-electron chi connectivity index (χ0n) is 10.3. The summed E-state index contributed by atoms with van der Waals surface area (Å²) >= 11 is 5.04. The van der Waals surface area contributed by atoms with Crippen LogP contribution < -0.4 is 5.32 Å². The van der Waals surface area contributed by atoms with Gasteiger partial charge in [0.25, 0.3) is 0 Å². The molecule has 1 heterocycles. The van der Waals surface area contributed by atoms with E-state index in [4.69, 9.17) is 0 Å². The number of hydrogen-bond acceptors (Lipinski definition) is 3. The zero-order valence-corrected chi connectivity index (χ0v) is 12.7. The van der Waals surface area contributed by atoms with Crippen molar-refractivity contribution in [2.24, 2.45) is 0 Å². The van der Waals surface area contributed by atoms with Crippen LogP contribution in [-0.2, 0) is 4.79 Å². The normalized spacial score (nSPS) is 16.5. The van der Waals surface area contributed by atoms with Crippen molar-refractivity contribution in [1.29, 1.82) is 0 Å². The van der Waals surface area contributed by atoms with E-state index < -0.39 is 11.5 Å². The maximum Gasteiger partial charge on any atom is 0.323 e. The molecule has 0 aliphatic rings. The molecule has 0 saturated heterocycles. The number of halogens is 1. The summed E-state index contributed by atoms with van der Waals surface area (Å²) in [7, 11) is 0. The maximum atomic E-state index is 11.3. The van der Waals surface area contributed by atoms with E-state index in [1.54, 1.807) is 18.3 Å². The molecule has 0 aliphatic carbocycles. The van der Waals surface area contributed by atoms with E-state index in [1.807, 2.05) is 26.0 Å². The van der Waals surface area contributed by atoms with Crippen LogP contribution in [0, 0.1) is 0 Å². The smallest absolute Gasteiger partial charge is 0.323 e. The number of aliphatic carboxylic acids is 1. The van der Waals surface area contributed by atoms with Gasteiger partial charge in [-0.3, -0.25) is 10.1 Å². The summed E-state index contributed by atoms with van der Waals surface area (Å²) in [4.78, 5) is 12.5. The molecule has 0 spiro atoms. The van der Waals surface area contributed by atoms with Crippen LogP contribution in [0.2, 0.25) is 0 Å². The highest BCUT2D eigenvalue weighted by molar-refractivity contribution is 9.11. The van der Waals surface area contributed by atoms with Crippen molar-refractivity contribution >= 4 is 33.2 Å². The summed E-state index contributed by atoms with van der Waals surface area (Å²) in [6.07, 6.45) is 1.47. The molecule has 2 N–H and O–H groups in total. The van der Waals surface area contributed by atoms with Crippen LogP contribution >= 0.6 is 27.3 Å². The second kappa shape index (κ2) is 5.98. The Kier molecular flexibility index (Phi) is 5.16. The summed E-state index contributed by atoms with van der Waals surface area (Å²) in [6.45, 7) is 5.74. The van der Waals surface area contributed by atoms with Crippen molar-refractivity contribution in [3.05, 3.63) is 20.8 Å². The number of rotatable bonds is 6. The number of carbonyl (C=O) groups is 1. The third kappa shape index (κ3) is 3.79. The fourth-order valence-electron chi connectivity index (χ4n) is 1.85.